The van der Waals surface area contributed by atoms with Gasteiger partial charge in [0.1, 0.15) is 0 Å². The van der Waals surface area contributed by atoms with E-state index in [4.69, 9.17) is 11.4 Å². The van der Waals surface area contributed by atoms with E-state index < -0.39 is 15.4 Å². The third-order valence-electron chi connectivity index (χ3n) is 0. The molecule has 0 aliphatic rings. The molecular weight excluding hydrogens is 243 g/mol. The normalized spacial score (nSPS) is 8.31. The Morgan fingerprint density at radius 3 is 0.750 bits per heavy atom. The summed E-state index contributed by atoms with van der Waals surface area (Å²) in [5.41, 5.74) is 0. The van der Waals surface area contributed by atoms with E-state index in [0.717, 1.165) is 0 Å². The standard InChI is InChI=1S/3C4H9.H2O.2O.V/c3*1-4(2)3;;;;/h3*4H,1H2,2-3H3;1H2;;;/q3*-1;;;;+1/p-1. The second-order valence-electron chi connectivity index (χ2n) is 4.42. The van der Waals surface area contributed by atoms with Gasteiger partial charge in [-0.25, -0.2) is 0 Å². The summed E-state index contributed by atoms with van der Waals surface area (Å²) in [4.78, 5) is 0. The molecule has 0 radical (unpaired) electrons. The molecule has 0 heterocycles. The quantitative estimate of drug-likeness (QED) is 0.684. The van der Waals surface area contributed by atoms with Crippen molar-refractivity contribution >= 4 is 0 Å². The fourth-order valence-corrected chi connectivity index (χ4v) is 0. The second kappa shape index (κ2) is 20.5. The van der Waals surface area contributed by atoms with Crippen molar-refractivity contribution in [2.45, 2.75) is 41.5 Å². The van der Waals surface area contributed by atoms with Gasteiger partial charge in [-0.05, 0) is 0 Å². The van der Waals surface area contributed by atoms with Crippen LogP contribution in [0.2, 0.25) is 0 Å². The van der Waals surface area contributed by atoms with Gasteiger partial charge in [-0.1, -0.05) is 41.5 Å². The van der Waals surface area contributed by atoms with E-state index in [2.05, 4.69) is 62.3 Å². The van der Waals surface area contributed by atoms with E-state index in [1.807, 2.05) is 0 Å². The van der Waals surface area contributed by atoms with Crippen molar-refractivity contribution in [1.82, 2.24) is 0 Å². The molecule has 0 spiro atoms. The average Bonchev–Trinajstić information content (AvgIpc) is 1.76. The molecule has 3 nitrogen and oxygen atoms in total. The van der Waals surface area contributed by atoms with Gasteiger partial charge < -0.3 is 20.8 Å². The Labute approximate surface area is 107 Å². The van der Waals surface area contributed by atoms with Crippen molar-refractivity contribution in [3.8, 4) is 0 Å². The van der Waals surface area contributed by atoms with Crippen molar-refractivity contribution in [2.24, 2.45) is 17.8 Å². The zero-order valence-electron chi connectivity index (χ0n) is 11.6. The van der Waals surface area contributed by atoms with Crippen LogP contribution in [0.15, 0.2) is 0 Å². The maximum absolute atomic E-state index is 8.67. The Morgan fingerprint density at radius 1 is 0.750 bits per heavy atom. The SMILES string of the molecule is [CH2-]C(C)C.[CH2-]C(C)C.[CH2-]C(C)C.[O]=[V](=[O])[OH]. The van der Waals surface area contributed by atoms with Crippen LogP contribution in [0.25, 0.3) is 0 Å². The molecule has 0 aromatic heterocycles. The van der Waals surface area contributed by atoms with E-state index in [-0.39, 0.29) is 0 Å². The topological polar surface area (TPSA) is 54.4 Å². The molecular formula is C12H28O3V-3. The van der Waals surface area contributed by atoms with Gasteiger partial charge >= 0.3 is 26.8 Å². The van der Waals surface area contributed by atoms with Crippen molar-refractivity contribution in [2.75, 3.05) is 0 Å². The number of rotatable bonds is 0. The van der Waals surface area contributed by atoms with E-state index in [0.29, 0.717) is 17.8 Å². The number of hydrogen-bond donors (Lipinski definition) is 1. The summed E-state index contributed by atoms with van der Waals surface area (Å²) in [7, 11) is 0. The minimum atomic E-state index is -3.69. The molecule has 0 saturated heterocycles. The van der Waals surface area contributed by atoms with Crippen LogP contribution in [-0.2, 0) is 22.7 Å². The molecule has 0 aliphatic carbocycles. The van der Waals surface area contributed by atoms with Gasteiger partial charge in [-0.15, -0.1) is 0 Å². The Kier molecular flexibility index (Phi) is 32.2. The molecule has 0 aromatic rings. The molecule has 102 valence electrons. The molecule has 0 saturated carbocycles. The zero-order valence-corrected chi connectivity index (χ0v) is 13.0. The molecule has 0 amide bonds. The van der Waals surface area contributed by atoms with Gasteiger partial charge in [0, 0.05) is 0 Å². The van der Waals surface area contributed by atoms with Crippen LogP contribution < -0.4 is 0 Å². The summed E-state index contributed by atoms with van der Waals surface area (Å²) < 4.78 is 24.4. The van der Waals surface area contributed by atoms with Crippen molar-refractivity contribution in [3.05, 3.63) is 20.8 Å². The van der Waals surface area contributed by atoms with E-state index in [1.54, 1.807) is 0 Å². The van der Waals surface area contributed by atoms with Crippen LogP contribution in [0.1, 0.15) is 41.5 Å². The van der Waals surface area contributed by atoms with E-state index >= 15 is 0 Å². The molecule has 4 heteroatoms. The summed E-state index contributed by atoms with van der Waals surface area (Å²) in [6.45, 7) is 23.2. The van der Waals surface area contributed by atoms with Crippen LogP contribution in [-0.4, -0.2) is 4.03 Å². The van der Waals surface area contributed by atoms with E-state index in [1.165, 1.54) is 0 Å². The summed E-state index contributed by atoms with van der Waals surface area (Å²) >= 11 is -3.69. The van der Waals surface area contributed by atoms with Gasteiger partial charge in [0.15, 0.2) is 0 Å². The predicted octanol–water partition coefficient (Wildman–Crippen LogP) is 3.63. The summed E-state index contributed by atoms with van der Waals surface area (Å²) in [5, 5.41) is 0. The molecule has 0 bridgehead atoms. The Balaban J connectivity index is -0.0000000600. The molecule has 16 heavy (non-hydrogen) atoms. The third kappa shape index (κ3) is 117000. The van der Waals surface area contributed by atoms with Gasteiger partial charge in [0.05, 0.1) is 0 Å². The van der Waals surface area contributed by atoms with Crippen LogP contribution >= 0.6 is 0 Å². The maximum atomic E-state index is 8.67. The van der Waals surface area contributed by atoms with Crippen LogP contribution in [0, 0.1) is 38.5 Å². The molecule has 0 fully saturated rings. The first kappa shape index (κ1) is 25.1. The summed E-state index contributed by atoms with van der Waals surface area (Å²) in [6.07, 6.45) is 0. The van der Waals surface area contributed by atoms with Crippen molar-refractivity contribution < 1.29 is 26.8 Å². The Morgan fingerprint density at radius 2 is 0.750 bits per heavy atom. The van der Waals surface area contributed by atoms with Gasteiger partial charge in [-0.3, -0.25) is 0 Å². The fraction of sp³-hybridized carbons (Fsp3) is 0.750. The zero-order chi connectivity index (χ0) is 14.3. The van der Waals surface area contributed by atoms with Crippen LogP contribution in [0.3, 0.4) is 0 Å². The molecule has 0 rings (SSSR count). The Bertz CT molecular complexity index is 131. The number of hydrogen-bond acceptors (Lipinski definition) is 2. The second-order valence-corrected chi connectivity index (χ2v) is 5.16. The third-order valence-corrected chi connectivity index (χ3v) is 0. The molecule has 0 atom stereocenters. The monoisotopic (exact) mass is 271 g/mol. The average molecular weight is 271 g/mol. The molecule has 0 aromatic carbocycles. The van der Waals surface area contributed by atoms with Gasteiger partial charge in [0.2, 0.25) is 0 Å². The van der Waals surface area contributed by atoms with Gasteiger partial charge in [-0.2, -0.15) is 17.8 Å². The first-order valence-electron chi connectivity index (χ1n) is 5.25. The van der Waals surface area contributed by atoms with E-state index in [9.17, 15) is 0 Å². The predicted molar refractivity (Wildman–Crippen MR) is 64.2 cm³/mol. The first-order valence-corrected chi connectivity index (χ1v) is 7.02. The first-order chi connectivity index (χ1) is 6.93. The van der Waals surface area contributed by atoms with Crippen molar-refractivity contribution in [1.29, 1.82) is 0 Å². The van der Waals surface area contributed by atoms with Crippen molar-refractivity contribution in [3.63, 3.8) is 0 Å². The summed E-state index contributed by atoms with van der Waals surface area (Å²) in [6, 6.07) is 0. The Hall–Kier alpha value is 0.144. The fourth-order valence-electron chi connectivity index (χ4n) is 0. The van der Waals surface area contributed by atoms with Crippen LogP contribution in [0.4, 0.5) is 0 Å². The molecule has 0 unspecified atom stereocenters. The molecule has 1 N–H and O–H groups in total. The van der Waals surface area contributed by atoms with Gasteiger partial charge in [0.25, 0.3) is 0 Å². The minimum absolute atomic E-state index is 0.583. The molecule has 0 aliphatic heterocycles. The van der Waals surface area contributed by atoms with Crippen LogP contribution in [0.5, 0.6) is 0 Å². The summed E-state index contributed by atoms with van der Waals surface area (Å²) in [5.74, 6) is 1.75.